The number of carbonyl (C=O) groups excluding carboxylic acids is 1. The predicted octanol–water partition coefficient (Wildman–Crippen LogP) is 3.90. The van der Waals surface area contributed by atoms with Gasteiger partial charge in [0.15, 0.2) is 0 Å². The molecule has 0 saturated carbocycles. The summed E-state index contributed by atoms with van der Waals surface area (Å²) in [6, 6.07) is 16.8. The molecular formula is C18H18O. The number of carbonyl (C=O) groups is 1. The van der Waals surface area contributed by atoms with Gasteiger partial charge < -0.3 is 0 Å². The normalized spacial score (nSPS) is 14.4. The van der Waals surface area contributed by atoms with Crippen LogP contribution in [0.5, 0.6) is 0 Å². The highest BCUT2D eigenvalue weighted by Gasteiger charge is 2.27. The highest BCUT2D eigenvalue weighted by Crippen LogP contribution is 2.35. The minimum absolute atomic E-state index is 0.0695. The average Bonchev–Trinajstić information content (AvgIpc) is 2.63. The summed E-state index contributed by atoms with van der Waals surface area (Å²) >= 11 is 0. The van der Waals surface area contributed by atoms with Gasteiger partial charge in [-0.25, -0.2) is 0 Å². The molecule has 19 heavy (non-hydrogen) atoms. The van der Waals surface area contributed by atoms with E-state index < -0.39 is 0 Å². The standard InChI is InChI=1S/C18H18O/c1-2-17(19)18-15-9-5-3-7-13(15)11-12-14-8-4-6-10-16(14)18/h3-10,18H,2,11-12H2,1H3. The highest BCUT2D eigenvalue weighted by molar-refractivity contribution is 5.89. The molecule has 0 radical (unpaired) electrons. The Morgan fingerprint density at radius 2 is 1.42 bits per heavy atom. The third-order valence-electron chi connectivity index (χ3n) is 4.07. The molecule has 0 aromatic heterocycles. The van der Waals surface area contributed by atoms with E-state index in [9.17, 15) is 4.79 Å². The molecule has 0 unspecified atom stereocenters. The summed E-state index contributed by atoms with van der Waals surface area (Å²) in [4.78, 5) is 12.4. The van der Waals surface area contributed by atoms with Crippen molar-refractivity contribution in [2.45, 2.75) is 32.1 Å². The van der Waals surface area contributed by atoms with Gasteiger partial charge in [-0.3, -0.25) is 4.79 Å². The second-order valence-corrected chi connectivity index (χ2v) is 5.15. The van der Waals surface area contributed by atoms with Crippen molar-refractivity contribution in [1.29, 1.82) is 0 Å². The number of hydrogen-bond donors (Lipinski definition) is 0. The Labute approximate surface area is 114 Å². The number of benzene rings is 2. The van der Waals surface area contributed by atoms with Gasteiger partial charge in [-0.2, -0.15) is 0 Å². The lowest BCUT2D eigenvalue weighted by Gasteiger charge is -2.18. The second kappa shape index (κ2) is 5.00. The zero-order chi connectivity index (χ0) is 13.2. The molecule has 1 nitrogen and oxygen atoms in total. The van der Waals surface area contributed by atoms with Gasteiger partial charge in [0.25, 0.3) is 0 Å². The van der Waals surface area contributed by atoms with Crippen molar-refractivity contribution in [2.24, 2.45) is 0 Å². The van der Waals surface area contributed by atoms with Crippen molar-refractivity contribution < 1.29 is 4.79 Å². The fourth-order valence-electron chi connectivity index (χ4n) is 3.07. The molecule has 1 aliphatic carbocycles. The van der Waals surface area contributed by atoms with E-state index in [1.807, 2.05) is 19.1 Å². The topological polar surface area (TPSA) is 17.1 Å². The van der Waals surface area contributed by atoms with Crippen molar-refractivity contribution in [3.63, 3.8) is 0 Å². The SMILES string of the molecule is CCC(=O)C1c2ccccc2CCc2ccccc21. The number of hydrogen-bond acceptors (Lipinski definition) is 1. The third kappa shape index (κ3) is 2.10. The summed E-state index contributed by atoms with van der Waals surface area (Å²) in [6.07, 6.45) is 2.65. The fraction of sp³-hybridized carbons (Fsp3) is 0.278. The van der Waals surface area contributed by atoms with Gasteiger partial charge in [0.1, 0.15) is 5.78 Å². The van der Waals surface area contributed by atoms with Crippen LogP contribution in [0.3, 0.4) is 0 Å². The van der Waals surface area contributed by atoms with E-state index in [2.05, 4.69) is 36.4 Å². The van der Waals surface area contributed by atoms with E-state index in [-0.39, 0.29) is 5.92 Å². The number of rotatable bonds is 2. The smallest absolute Gasteiger partial charge is 0.144 e. The van der Waals surface area contributed by atoms with Crippen molar-refractivity contribution in [3.8, 4) is 0 Å². The largest absolute Gasteiger partial charge is 0.299 e. The van der Waals surface area contributed by atoms with Gasteiger partial charge in [0.2, 0.25) is 0 Å². The Hall–Kier alpha value is -1.89. The molecule has 0 N–H and O–H groups in total. The van der Waals surface area contributed by atoms with Gasteiger partial charge in [0, 0.05) is 6.42 Å². The molecule has 0 heterocycles. The lowest BCUT2D eigenvalue weighted by Crippen LogP contribution is -2.14. The van der Waals surface area contributed by atoms with Crippen LogP contribution in [-0.2, 0) is 17.6 Å². The Bertz CT molecular complexity index is 565. The van der Waals surface area contributed by atoms with Crippen LogP contribution in [-0.4, -0.2) is 5.78 Å². The van der Waals surface area contributed by atoms with E-state index in [4.69, 9.17) is 0 Å². The van der Waals surface area contributed by atoms with E-state index in [0.717, 1.165) is 12.8 Å². The van der Waals surface area contributed by atoms with Gasteiger partial charge in [0.05, 0.1) is 5.92 Å². The summed E-state index contributed by atoms with van der Waals surface area (Å²) in [7, 11) is 0. The van der Waals surface area contributed by atoms with E-state index in [0.29, 0.717) is 12.2 Å². The molecule has 0 atom stereocenters. The molecule has 0 bridgehead atoms. The summed E-state index contributed by atoms with van der Waals surface area (Å²) in [5, 5.41) is 0. The average molecular weight is 250 g/mol. The van der Waals surface area contributed by atoms with Crippen LogP contribution in [0.1, 0.15) is 41.5 Å². The van der Waals surface area contributed by atoms with Crippen LogP contribution in [0.2, 0.25) is 0 Å². The van der Waals surface area contributed by atoms with Gasteiger partial charge in [-0.15, -0.1) is 0 Å². The Morgan fingerprint density at radius 1 is 0.947 bits per heavy atom. The van der Waals surface area contributed by atoms with E-state index in [1.54, 1.807) is 0 Å². The Morgan fingerprint density at radius 3 is 1.89 bits per heavy atom. The van der Waals surface area contributed by atoms with Crippen LogP contribution < -0.4 is 0 Å². The monoisotopic (exact) mass is 250 g/mol. The molecule has 0 fully saturated rings. The summed E-state index contributed by atoms with van der Waals surface area (Å²) < 4.78 is 0. The molecule has 0 aliphatic heterocycles. The maximum Gasteiger partial charge on any atom is 0.144 e. The summed E-state index contributed by atoms with van der Waals surface area (Å²) in [6.45, 7) is 1.96. The summed E-state index contributed by atoms with van der Waals surface area (Å²) in [5.74, 6) is 0.252. The zero-order valence-electron chi connectivity index (χ0n) is 11.2. The van der Waals surface area contributed by atoms with Crippen molar-refractivity contribution in [2.75, 3.05) is 0 Å². The third-order valence-corrected chi connectivity index (χ3v) is 4.07. The van der Waals surface area contributed by atoms with E-state index >= 15 is 0 Å². The molecule has 0 saturated heterocycles. The minimum atomic E-state index is -0.0695. The zero-order valence-corrected chi connectivity index (χ0v) is 11.2. The van der Waals surface area contributed by atoms with Crippen LogP contribution >= 0.6 is 0 Å². The van der Waals surface area contributed by atoms with Crippen LogP contribution in [0.15, 0.2) is 48.5 Å². The highest BCUT2D eigenvalue weighted by atomic mass is 16.1. The van der Waals surface area contributed by atoms with Crippen LogP contribution in [0, 0.1) is 0 Å². The van der Waals surface area contributed by atoms with E-state index in [1.165, 1.54) is 22.3 Å². The minimum Gasteiger partial charge on any atom is -0.299 e. The summed E-state index contributed by atoms with van der Waals surface area (Å²) in [5.41, 5.74) is 5.06. The fourth-order valence-corrected chi connectivity index (χ4v) is 3.07. The first kappa shape index (κ1) is 12.2. The first-order valence-corrected chi connectivity index (χ1v) is 6.99. The number of ketones is 1. The second-order valence-electron chi connectivity index (χ2n) is 5.15. The van der Waals surface area contributed by atoms with Gasteiger partial charge in [-0.05, 0) is 35.1 Å². The molecule has 96 valence electrons. The first-order valence-electron chi connectivity index (χ1n) is 6.99. The molecule has 0 spiro atoms. The molecule has 0 amide bonds. The van der Waals surface area contributed by atoms with Gasteiger partial charge in [-0.1, -0.05) is 55.5 Å². The lowest BCUT2D eigenvalue weighted by molar-refractivity contribution is -0.119. The van der Waals surface area contributed by atoms with Gasteiger partial charge >= 0.3 is 0 Å². The van der Waals surface area contributed by atoms with Crippen molar-refractivity contribution in [1.82, 2.24) is 0 Å². The quantitative estimate of drug-likeness (QED) is 0.790. The molecule has 3 rings (SSSR count). The van der Waals surface area contributed by atoms with Crippen LogP contribution in [0.25, 0.3) is 0 Å². The maximum atomic E-state index is 12.4. The molecule has 1 aliphatic rings. The van der Waals surface area contributed by atoms with Crippen molar-refractivity contribution in [3.05, 3.63) is 70.8 Å². The van der Waals surface area contributed by atoms with Crippen LogP contribution in [0.4, 0.5) is 0 Å². The maximum absolute atomic E-state index is 12.4. The predicted molar refractivity (Wildman–Crippen MR) is 77.4 cm³/mol. The molecular weight excluding hydrogens is 232 g/mol. The Balaban J connectivity index is 2.22. The van der Waals surface area contributed by atoms with Crippen molar-refractivity contribution >= 4 is 5.78 Å². The lowest BCUT2D eigenvalue weighted by atomic mass is 9.84. The first-order chi connectivity index (χ1) is 9.31. The molecule has 2 aromatic rings. The number of Topliss-reactive ketones (excluding diaryl/α,β-unsaturated/α-hetero) is 1. The Kier molecular flexibility index (Phi) is 3.20. The number of fused-ring (bicyclic) bond motifs is 2. The number of aryl methyl sites for hydroxylation is 2. The molecule has 2 aromatic carbocycles. The molecule has 1 heteroatoms.